The van der Waals surface area contributed by atoms with E-state index in [2.05, 4.69) is 20.9 Å². The van der Waals surface area contributed by atoms with E-state index in [9.17, 15) is 19.2 Å². The van der Waals surface area contributed by atoms with Crippen molar-refractivity contribution in [2.24, 2.45) is 0 Å². The van der Waals surface area contributed by atoms with Gasteiger partial charge in [-0.3, -0.25) is 19.2 Å². The number of hydrogen-bond donors (Lipinski definition) is 3. The van der Waals surface area contributed by atoms with E-state index in [1.807, 2.05) is 30.3 Å². The molecule has 4 atom stereocenters. The van der Waals surface area contributed by atoms with Gasteiger partial charge in [0.05, 0.1) is 37.1 Å². The molecule has 1 saturated heterocycles. The first-order valence-corrected chi connectivity index (χ1v) is 12.5. The number of ether oxygens (including phenoxy) is 3. The molecule has 1 aliphatic rings. The van der Waals surface area contributed by atoms with Crippen LogP contribution in [0.3, 0.4) is 0 Å². The quantitative estimate of drug-likeness (QED) is 0.297. The zero-order valence-electron chi connectivity index (χ0n) is 21.2. The summed E-state index contributed by atoms with van der Waals surface area (Å²) < 4.78 is 15.6. The van der Waals surface area contributed by atoms with Crippen molar-refractivity contribution in [3.05, 3.63) is 52.0 Å². The maximum absolute atomic E-state index is 13.2. The van der Waals surface area contributed by atoms with Gasteiger partial charge in [-0.25, -0.2) is 4.98 Å². The van der Waals surface area contributed by atoms with Crippen molar-refractivity contribution in [3.63, 3.8) is 0 Å². The fourth-order valence-electron chi connectivity index (χ4n) is 3.62. The number of Topliss-reactive ketones (excluding diaryl/α,β-unsaturated/α-hetero) is 1. The maximum atomic E-state index is 13.2. The predicted molar refractivity (Wildman–Crippen MR) is 135 cm³/mol. The Morgan fingerprint density at radius 1 is 1.00 bits per heavy atom. The van der Waals surface area contributed by atoms with Crippen LogP contribution in [0.5, 0.6) is 0 Å². The van der Waals surface area contributed by atoms with E-state index in [4.69, 9.17) is 14.2 Å². The molecule has 0 spiro atoms. The van der Waals surface area contributed by atoms with Crippen LogP contribution in [0.2, 0.25) is 0 Å². The number of aryl methyl sites for hydroxylation is 1. The normalized spacial score (nSPS) is 18.8. The maximum Gasteiger partial charge on any atom is 0.263 e. The molecular weight excluding hydrogens is 500 g/mol. The minimum absolute atomic E-state index is 0.124. The van der Waals surface area contributed by atoms with Crippen LogP contribution < -0.4 is 16.0 Å². The highest BCUT2D eigenvalue weighted by atomic mass is 32.1. The average molecular weight is 533 g/mol. The molecule has 37 heavy (non-hydrogen) atoms. The molecule has 11 nitrogen and oxygen atoms in total. The number of nitrogens with one attached hydrogen (secondary N) is 3. The molecule has 3 amide bonds. The second-order valence-electron chi connectivity index (χ2n) is 8.88. The molecule has 2 heterocycles. The number of amides is 3. The highest BCUT2D eigenvalue weighted by Gasteiger charge is 2.50. The first-order chi connectivity index (χ1) is 17.7. The average Bonchev–Trinajstić information content (AvgIpc) is 3.48. The summed E-state index contributed by atoms with van der Waals surface area (Å²) in [7, 11) is 2.78. The van der Waals surface area contributed by atoms with Crippen molar-refractivity contribution in [1.29, 1.82) is 0 Å². The Balaban J connectivity index is 1.70. The number of benzene rings is 1. The third-order valence-corrected chi connectivity index (χ3v) is 6.69. The zero-order chi connectivity index (χ0) is 27.0. The first kappa shape index (κ1) is 28.4. The molecule has 0 bridgehead atoms. The van der Waals surface area contributed by atoms with Gasteiger partial charge in [0.15, 0.2) is 5.78 Å². The van der Waals surface area contributed by atoms with Crippen LogP contribution in [-0.4, -0.2) is 86.3 Å². The van der Waals surface area contributed by atoms with Crippen LogP contribution in [0, 0.1) is 6.92 Å². The Labute approximate surface area is 219 Å². The van der Waals surface area contributed by atoms with Crippen LogP contribution in [0.25, 0.3) is 0 Å². The number of carbonyl (C=O) groups is 4. The van der Waals surface area contributed by atoms with E-state index in [-0.39, 0.29) is 32.0 Å². The molecule has 200 valence electrons. The van der Waals surface area contributed by atoms with E-state index in [0.29, 0.717) is 9.88 Å². The van der Waals surface area contributed by atoms with Gasteiger partial charge in [-0.05, 0) is 25.8 Å². The largest absolute Gasteiger partial charge is 0.382 e. The summed E-state index contributed by atoms with van der Waals surface area (Å²) in [5.74, 6) is -1.98. The van der Waals surface area contributed by atoms with Crippen LogP contribution in [-0.2, 0) is 35.0 Å². The molecule has 3 rings (SSSR count). The van der Waals surface area contributed by atoms with Gasteiger partial charge in [0.1, 0.15) is 22.6 Å². The van der Waals surface area contributed by atoms with Gasteiger partial charge in [-0.15, -0.1) is 11.3 Å². The van der Waals surface area contributed by atoms with E-state index < -0.39 is 41.4 Å². The Morgan fingerprint density at radius 3 is 2.08 bits per heavy atom. The lowest BCUT2D eigenvalue weighted by Crippen LogP contribution is -2.59. The van der Waals surface area contributed by atoms with Gasteiger partial charge in [-0.1, -0.05) is 30.3 Å². The lowest BCUT2D eigenvalue weighted by molar-refractivity contribution is -0.134. The van der Waals surface area contributed by atoms with Crippen LogP contribution >= 0.6 is 11.3 Å². The zero-order valence-corrected chi connectivity index (χ0v) is 22.1. The van der Waals surface area contributed by atoms with Gasteiger partial charge < -0.3 is 30.2 Å². The van der Waals surface area contributed by atoms with Crippen LogP contribution in [0.15, 0.2) is 36.5 Å². The highest BCUT2D eigenvalue weighted by molar-refractivity contribution is 7.13. The second kappa shape index (κ2) is 12.9. The van der Waals surface area contributed by atoms with Crippen molar-refractivity contribution in [3.8, 4) is 0 Å². The molecular formula is C25H32N4O7S. The van der Waals surface area contributed by atoms with Crippen molar-refractivity contribution >= 4 is 34.8 Å². The van der Waals surface area contributed by atoms with Crippen LogP contribution in [0.4, 0.5) is 0 Å². The van der Waals surface area contributed by atoms with E-state index in [0.717, 1.165) is 5.56 Å². The molecule has 1 aliphatic heterocycles. The van der Waals surface area contributed by atoms with Crippen molar-refractivity contribution in [2.45, 2.75) is 44.0 Å². The molecule has 0 aliphatic carbocycles. The van der Waals surface area contributed by atoms with Crippen molar-refractivity contribution in [1.82, 2.24) is 20.9 Å². The summed E-state index contributed by atoms with van der Waals surface area (Å²) in [5, 5.41) is 8.67. The molecule has 1 aromatic heterocycles. The van der Waals surface area contributed by atoms with Crippen molar-refractivity contribution in [2.75, 3.05) is 34.0 Å². The number of thiazole rings is 1. The molecule has 3 unspecified atom stereocenters. The van der Waals surface area contributed by atoms with E-state index in [1.54, 1.807) is 13.8 Å². The van der Waals surface area contributed by atoms with Crippen LogP contribution in [0.1, 0.15) is 27.2 Å². The number of rotatable bonds is 14. The van der Waals surface area contributed by atoms with Gasteiger partial charge in [0, 0.05) is 14.2 Å². The Kier molecular flexibility index (Phi) is 9.86. The smallest absolute Gasteiger partial charge is 0.263 e. The van der Waals surface area contributed by atoms with E-state index >= 15 is 0 Å². The summed E-state index contributed by atoms with van der Waals surface area (Å²) in [6.45, 7) is 3.44. The summed E-state index contributed by atoms with van der Waals surface area (Å²) in [6.07, 6.45) is 1.68. The third kappa shape index (κ3) is 7.89. The summed E-state index contributed by atoms with van der Waals surface area (Å²) in [5.41, 5.74) is -0.0887. The minimum Gasteiger partial charge on any atom is -0.382 e. The van der Waals surface area contributed by atoms with Gasteiger partial charge in [-0.2, -0.15) is 0 Å². The standard InChI is InChI=1S/C25H32N4O7S/c1-15-26-11-20(37-15)24(33)29-19(13-35-4)23(32)28-18(12-34-3)22(31)27-17(21(30)25(2)14-36-25)10-16-8-6-5-7-9-16/h5-9,11,17-19H,10,12-14H2,1-4H3,(H,27,31)(H,28,32)(H,29,33)/t17?,18-,19?,25?/m0/s1. The molecule has 0 radical (unpaired) electrons. The molecule has 2 aromatic rings. The number of carbonyl (C=O) groups excluding carboxylic acids is 4. The lowest BCUT2D eigenvalue weighted by Gasteiger charge is -2.25. The molecule has 1 aromatic carbocycles. The summed E-state index contributed by atoms with van der Waals surface area (Å²) in [6, 6.07) is 6.20. The number of hydrogen-bond acceptors (Lipinski definition) is 9. The highest BCUT2D eigenvalue weighted by Crippen LogP contribution is 2.29. The SMILES string of the molecule is COCC(NC(=O)c1cnc(C)s1)C(=O)N[C@@H](COC)C(=O)NC(Cc1ccccc1)C(=O)C1(C)CO1. The fourth-order valence-corrected chi connectivity index (χ4v) is 4.30. The molecule has 12 heteroatoms. The predicted octanol–water partition coefficient (Wildman–Crippen LogP) is 0.413. The number of ketones is 1. The van der Waals surface area contributed by atoms with Gasteiger partial charge in [0.2, 0.25) is 11.8 Å². The lowest BCUT2D eigenvalue weighted by atomic mass is 9.94. The number of aromatic nitrogens is 1. The number of nitrogens with zero attached hydrogens (tertiary/aromatic N) is 1. The minimum atomic E-state index is -1.13. The summed E-state index contributed by atoms with van der Waals surface area (Å²) in [4.78, 5) is 56.3. The first-order valence-electron chi connectivity index (χ1n) is 11.7. The van der Waals surface area contributed by atoms with Crippen molar-refractivity contribution < 1.29 is 33.4 Å². The Morgan fingerprint density at radius 2 is 1.57 bits per heavy atom. The molecule has 3 N–H and O–H groups in total. The monoisotopic (exact) mass is 532 g/mol. The molecule has 0 saturated carbocycles. The number of methoxy groups -OCH3 is 2. The van der Waals surface area contributed by atoms with Gasteiger partial charge in [0.25, 0.3) is 5.91 Å². The second-order valence-corrected chi connectivity index (χ2v) is 10.1. The van der Waals surface area contributed by atoms with Gasteiger partial charge >= 0.3 is 0 Å². The third-order valence-electron chi connectivity index (χ3n) is 5.78. The summed E-state index contributed by atoms with van der Waals surface area (Å²) >= 11 is 1.19. The Bertz CT molecular complexity index is 1100. The van der Waals surface area contributed by atoms with E-state index in [1.165, 1.54) is 31.8 Å². The fraction of sp³-hybridized carbons (Fsp3) is 0.480. The topological polar surface area (TPSA) is 148 Å². The molecule has 1 fully saturated rings. The number of epoxide rings is 1. The Hall–Kier alpha value is -3.19.